The van der Waals surface area contributed by atoms with Crippen LogP contribution in [-0.2, 0) is 0 Å². The average molecular weight is 536 g/mol. The number of hydrogen-bond donors (Lipinski definition) is 3. The van der Waals surface area contributed by atoms with Crippen LogP contribution in [-0.4, -0.2) is 51.7 Å². The van der Waals surface area contributed by atoms with Gasteiger partial charge in [-0.3, -0.25) is 4.79 Å². The summed E-state index contributed by atoms with van der Waals surface area (Å²) in [4.78, 5) is 19.0. The highest BCUT2D eigenvalue weighted by Crippen LogP contribution is 2.43. The number of rotatable bonds is 6. The van der Waals surface area contributed by atoms with Gasteiger partial charge in [0, 0.05) is 40.5 Å². The Bertz CT molecular complexity index is 2020. The molecule has 0 aliphatic carbocycles. The average Bonchev–Trinajstić information content (AvgIpc) is 3.26. The highest BCUT2D eigenvalue weighted by Gasteiger charge is 2.22. The molecule has 0 amide bonds. The molecule has 0 saturated heterocycles. The number of fused-ring (bicyclic) bond motifs is 7. The Labute approximate surface area is 231 Å². The van der Waals surface area contributed by atoms with Gasteiger partial charge in [0.1, 0.15) is 22.8 Å². The Morgan fingerprint density at radius 3 is 2.38 bits per heavy atom. The molecule has 3 aromatic carbocycles. The Morgan fingerprint density at radius 1 is 0.875 bits per heavy atom. The van der Waals surface area contributed by atoms with E-state index >= 15 is 0 Å². The smallest absolute Gasteiger partial charge is 0.273 e. The molecule has 204 valence electrons. The quantitative estimate of drug-likeness (QED) is 0.214. The summed E-state index contributed by atoms with van der Waals surface area (Å²) in [5.74, 6) is 1.16. The second-order valence-electron chi connectivity index (χ2n) is 11.0. The SMILES string of the molecule is Cc1ccc(-c2c3c4cc(C)c(OCCCN(C)C)cc4[nH]c(=O)c3n3ccc4cc(O)c(C)cc4c23)cc1O. The zero-order valence-electron chi connectivity index (χ0n) is 23.4. The van der Waals surface area contributed by atoms with E-state index in [1.807, 2.05) is 75.8 Å². The first-order chi connectivity index (χ1) is 19.1. The largest absolute Gasteiger partial charge is 0.508 e. The fraction of sp³-hybridized carbons (Fsp3) is 0.242. The maximum Gasteiger partial charge on any atom is 0.273 e. The van der Waals surface area contributed by atoms with Gasteiger partial charge in [-0.25, -0.2) is 0 Å². The molecular weight excluding hydrogens is 502 g/mol. The summed E-state index contributed by atoms with van der Waals surface area (Å²) in [7, 11) is 4.08. The predicted molar refractivity (Wildman–Crippen MR) is 162 cm³/mol. The molecule has 0 bridgehead atoms. The minimum atomic E-state index is -0.211. The van der Waals surface area contributed by atoms with E-state index in [2.05, 4.69) is 16.0 Å². The van der Waals surface area contributed by atoms with Crippen LogP contribution in [0.4, 0.5) is 0 Å². The van der Waals surface area contributed by atoms with Crippen LogP contribution in [0, 0.1) is 20.8 Å². The Hall–Kier alpha value is -4.49. The van der Waals surface area contributed by atoms with Gasteiger partial charge in [0.15, 0.2) is 0 Å². The van der Waals surface area contributed by atoms with Crippen LogP contribution in [0.2, 0.25) is 0 Å². The van der Waals surface area contributed by atoms with Crippen molar-refractivity contribution in [3.63, 3.8) is 0 Å². The summed E-state index contributed by atoms with van der Waals surface area (Å²) in [5.41, 5.74) is 6.02. The second kappa shape index (κ2) is 9.61. The Kier molecular flexibility index (Phi) is 6.19. The first-order valence-electron chi connectivity index (χ1n) is 13.5. The van der Waals surface area contributed by atoms with Gasteiger partial charge in [-0.15, -0.1) is 0 Å². The highest BCUT2D eigenvalue weighted by atomic mass is 16.5. The summed E-state index contributed by atoms with van der Waals surface area (Å²) in [6.45, 7) is 7.26. The number of benzene rings is 3. The molecule has 6 aromatic rings. The van der Waals surface area contributed by atoms with Crippen molar-refractivity contribution < 1.29 is 14.9 Å². The number of aromatic amines is 1. The minimum Gasteiger partial charge on any atom is -0.508 e. The third-order valence-corrected chi connectivity index (χ3v) is 7.78. The summed E-state index contributed by atoms with van der Waals surface area (Å²) in [6, 6.07) is 15.3. The van der Waals surface area contributed by atoms with Crippen LogP contribution >= 0.6 is 0 Å². The number of H-pyrrole nitrogens is 1. The molecule has 3 aromatic heterocycles. The molecule has 3 heterocycles. The van der Waals surface area contributed by atoms with Crippen molar-refractivity contribution in [3.8, 4) is 28.4 Å². The lowest BCUT2D eigenvalue weighted by atomic mass is 9.96. The van der Waals surface area contributed by atoms with Crippen LogP contribution < -0.4 is 10.3 Å². The Morgan fingerprint density at radius 2 is 1.62 bits per heavy atom. The molecule has 3 N–H and O–H groups in total. The first kappa shape index (κ1) is 25.8. The number of aryl methyl sites for hydroxylation is 3. The zero-order valence-corrected chi connectivity index (χ0v) is 23.4. The minimum absolute atomic E-state index is 0.192. The summed E-state index contributed by atoms with van der Waals surface area (Å²) < 4.78 is 8.05. The third-order valence-electron chi connectivity index (χ3n) is 7.78. The van der Waals surface area contributed by atoms with Crippen molar-refractivity contribution in [2.24, 2.45) is 0 Å². The lowest BCUT2D eigenvalue weighted by Crippen LogP contribution is -2.15. The summed E-state index contributed by atoms with van der Waals surface area (Å²) >= 11 is 0. The van der Waals surface area contributed by atoms with Gasteiger partial charge in [-0.05, 0) is 99.3 Å². The van der Waals surface area contributed by atoms with Crippen molar-refractivity contribution in [1.82, 2.24) is 14.3 Å². The number of ether oxygens (including phenoxy) is 1. The number of phenolic OH excluding ortho intramolecular Hbond substituents is 2. The lowest BCUT2D eigenvalue weighted by Gasteiger charge is -2.13. The van der Waals surface area contributed by atoms with Gasteiger partial charge in [0.2, 0.25) is 0 Å². The lowest BCUT2D eigenvalue weighted by molar-refractivity contribution is 0.280. The standard InChI is InChI=1S/C33H33N3O4/c1-18-7-8-22(16-26(18)37)29-30-24-14-20(3)28(40-12-6-10-35(4)5)17-25(24)34-33(39)32(30)36-11-9-21-15-27(38)19(2)13-23(21)31(29)36/h7-9,11,13-17,37-38H,6,10,12H2,1-5H3,(H,34,39). The number of nitrogens with one attached hydrogen (secondary N) is 1. The summed E-state index contributed by atoms with van der Waals surface area (Å²) in [6.07, 6.45) is 2.77. The Balaban J connectivity index is 1.72. The molecule has 0 aliphatic rings. The molecule has 7 heteroatoms. The monoisotopic (exact) mass is 535 g/mol. The number of aromatic nitrogens is 2. The van der Waals surface area contributed by atoms with Gasteiger partial charge < -0.3 is 29.2 Å². The van der Waals surface area contributed by atoms with Crippen LogP contribution in [0.5, 0.6) is 17.2 Å². The van der Waals surface area contributed by atoms with Crippen molar-refractivity contribution in [1.29, 1.82) is 0 Å². The molecular formula is C33H33N3O4. The normalized spacial score (nSPS) is 11.9. The molecule has 7 nitrogen and oxygen atoms in total. The van der Waals surface area contributed by atoms with Crippen LogP contribution in [0.25, 0.3) is 49.2 Å². The molecule has 0 radical (unpaired) electrons. The van der Waals surface area contributed by atoms with Gasteiger partial charge >= 0.3 is 0 Å². The first-order valence-corrected chi connectivity index (χ1v) is 13.5. The molecule has 0 aliphatic heterocycles. The van der Waals surface area contributed by atoms with Gasteiger partial charge in [-0.2, -0.15) is 0 Å². The van der Waals surface area contributed by atoms with Crippen molar-refractivity contribution in [3.05, 3.63) is 81.8 Å². The van der Waals surface area contributed by atoms with E-state index in [0.29, 0.717) is 17.6 Å². The van der Waals surface area contributed by atoms with Gasteiger partial charge in [0.05, 0.1) is 17.6 Å². The second-order valence-corrected chi connectivity index (χ2v) is 11.0. The fourth-order valence-corrected chi connectivity index (χ4v) is 5.64. The van der Waals surface area contributed by atoms with E-state index in [4.69, 9.17) is 4.74 Å². The van der Waals surface area contributed by atoms with Crippen molar-refractivity contribution in [2.75, 3.05) is 27.2 Å². The number of phenols is 2. The fourth-order valence-electron chi connectivity index (χ4n) is 5.64. The molecule has 0 fully saturated rings. The van der Waals surface area contributed by atoms with E-state index in [-0.39, 0.29) is 17.1 Å². The van der Waals surface area contributed by atoms with E-state index in [0.717, 1.165) is 73.6 Å². The number of nitrogens with zero attached hydrogens (tertiary/aromatic N) is 2. The highest BCUT2D eigenvalue weighted by molar-refractivity contribution is 6.22. The van der Waals surface area contributed by atoms with Crippen LogP contribution in [0.1, 0.15) is 23.1 Å². The van der Waals surface area contributed by atoms with Crippen molar-refractivity contribution >= 4 is 38.1 Å². The molecule has 0 atom stereocenters. The maximum absolute atomic E-state index is 13.7. The topological polar surface area (TPSA) is 90.2 Å². The molecule has 40 heavy (non-hydrogen) atoms. The third kappa shape index (κ3) is 4.14. The predicted octanol–water partition coefficient (Wildman–Crippen LogP) is 6.42. The zero-order chi connectivity index (χ0) is 28.3. The number of aromatic hydroxyl groups is 2. The van der Waals surface area contributed by atoms with Crippen molar-refractivity contribution in [2.45, 2.75) is 27.2 Å². The number of hydrogen-bond acceptors (Lipinski definition) is 5. The van der Waals surface area contributed by atoms with Gasteiger partial charge in [0.25, 0.3) is 5.56 Å². The van der Waals surface area contributed by atoms with Crippen LogP contribution in [0.3, 0.4) is 0 Å². The van der Waals surface area contributed by atoms with E-state index in [1.54, 1.807) is 12.1 Å². The summed E-state index contributed by atoms with van der Waals surface area (Å²) in [5, 5.41) is 24.6. The maximum atomic E-state index is 13.7. The van der Waals surface area contributed by atoms with E-state index in [1.165, 1.54) is 0 Å². The molecule has 0 unspecified atom stereocenters. The van der Waals surface area contributed by atoms with E-state index < -0.39 is 0 Å². The van der Waals surface area contributed by atoms with Gasteiger partial charge in [-0.1, -0.05) is 12.1 Å². The number of pyridine rings is 2. The molecule has 6 rings (SSSR count). The van der Waals surface area contributed by atoms with Crippen LogP contribution in [0.15, 0.2) is 59.5 Å². The van der Waals surface area contributed by atoms with E-state index in [9.17, 15) is 15.0 Å². The molecule has 0 spiro atoms. The molecule has 0 saturated carbocycles.